The molecule has 0 unspecified atom stereocenters. The predicted octanol–water partition coefficient (Wildman–Crippen LogP) is 0.311. The molecule has 2 aromatic heterocycles. The van der Waals surface area contributed by atoms with Gasteiger partial charge in [0, 0.05) is 20.3 Å². The largest absolute Gasteiger partial charge is 0.382 e. The van der Waals surface area contributed by atoms with Crippen LogP contribution in [0.1, 0.15) is 5.69 Å². The highest BCUT2D eigenvalue weighted by molar-refractivity contribution is 7.89. The molecule has 10 heteroatoms. The van der Waals surface area contributed by atoms with Gasteiger partial charge >= 0.3 is 0 Å². The fourth-order valence-corrected chi connectivity index (χ4v) is 3.47. The second-order valence-corrected chi connectivity index (χ2v) is 6.81. The summed E-state index contributed by atoms with van der Waals surface area (Å²) in [7, 11) is -0.719. The summed E-state index contributed by atoms with van der Waals surface area (Å²) in [5.41, 5.74) is 6.48. The fraction of sp³-hybridized carbons (Fsp3) is 0.333. The summed E-state index contributed by atoms with van der Waals surface area (Å²) in [5, 5.41) is 10.0. The number of nitrogens with one attached hydrogen (secondary N) is 2. The molecular formula is C9H14N6O2S2. The Bertz CT molecular complexity index is 646. The number of nitrogens with two attached hydrogens (primary N) is 1. The van der Waals surface area contributed by atoms with E-state index >= 15 is 0 Å². The highest BCUT2D eigenvalue weighted by Gasteiger charge is 2.27. The number of hydrogen-bond acceptors (Lipinski definition) is 7. The average Bonchev–Trinajstić information content (AvgIpc) is 2.95. The number of hydrogen-bond donors (Lipinski definition) is 3. The van der Waals surface area contributed by atoms with Crippen LogP contribution < -0.4 is 11.1 Å². The van der Waals surface area contributed by atoms with Crippen molar-refractivity contribution in [1.82, 2.24) is 18.9 Å². The number of nitrogen functional groups attached to an aromatic ring is 1. The van der Waals surface area contributed by atoms with Crippen molar-refractivity contribution in [2.45, 2.75) is 11.4 Å². The van der Waals surface area contributed by atoms with E-state index in [1.54, 1.807) is 12.3 Å². The van der Waals surface area contributed by atoms with Crippen LogP contribution in [-0.4, -0.2) is 41.4 Å². The molecule has 2 aromatic rings. The van der Waals surface area contributed by atoms with Gasteiger partial charge in [0.1, 0.15) is 5.00 Å². The van der Waals surface area contributed by atoms with Gasteiger partial charge in [-0.25, -0.2) is 12.7 Å². The van der Waals surface area contributed by atoms with Crippen molar-refractivity contribution < 1.29 is 8.42 Å². The minimum absolute atomic E-state index is 0.00538. The van der Waals surface area contributed by atoms with Crippen LogP contribution in [0.15, 0.2) is 17.2 Å². The van der Waals surface area contributed by atoms with Gasteiger partial charge in [-0.15, -0.1) is 0 Å². The lowest BCUT2D eigenvalue weighted by atomic mass is 10.4. The fourth-order valence-electron chi connectivity index (χ4n) is 1.40. The molecular weight excluding hydrogens is 288 g/mol. The summed E-state index contributed by atoms with van der Waals surface area (Å²) >= 11 is 1.02. The molecule has 8 nitrogen and oxygen atoms in total. The third-order valence-corrected chi connectivity index (χ3v) is 5.25. The number of aromatic amines is 1. The molecule has 0 radical (unpaired) electrons. The molecule has 0 aliphatic rings. The molecule has 0 spiro atoms. The molecule has 104 valence electrons. The van der Waals surface area contributed by atoms with Gasteiger partial charge in [0.05, 0.1) is 12.2 Å². The Morgan fingerprint density at radius 3 is 2.84 bits per heavy atom. The van der Waals surface area contributed by atoms with Gasteiger partial charge in [-0.1, -0.05) is 0 Å². The van der Waals surface area contributed by atoms with Gasteiger partial charge in [0.15, 0.2) is 10.7 Å². The van der Waals surface area contributed by atoms with Gasteiger partial charge in [-0.2, -0.15) is 9.47 Å². The van der Waals surface area contributed by atoms with Crippen molar-refractivity contribution in [3.63, 3.8) is 0 Å². The minimum Gasteiger partial charge on any atom is -0.382 e. The summed E-state index contributed by atoms with van der Waals surface area (Å²) in [6.45, 7) is 0.414. The molecule has 0 bridgehead atoms. The Balaban J connectivity index is 2.28. The molecule has 2 heterocycles. The standard InChI is InChI=1S/C9H14N6O2S2/c1-15(2)19(16,17)7-8(10)14-18-9(7)11-5-6-3-4-12-13-6/h3-4,11H,5H2,1-2H3,(H2,10,14)(H,12,13). The van der Waals surface area contributed by atoms with Crippen LogP contribution in [0.25, 0.3) is 0 Å². The first-order chi connectivity index (χ1) is 8.93. The van der Waals surface area contributed by atoms with Crippen LogP contribution in [0.2, 0.25) is 0 Å². The van der Waals surface area contributed by atoms with Crippen molar-refractivity contribution in [3.8, 4) is 0 Å². The lowest BCUT2D eigenvalue weighted by molar-refractivity contribution is 0.521. The van der Waals surface area contributed by atoms with Gasteiger partial charge < -0.3 is 11.1 Å². The van der Waals surface area contributed by atoms with E-state index in [4.69, 9.17) is 5.73 Å². The van der Waals surface area contributed by atoms with E-state index in [-0.39, 0.29) is 10.7 Å². The number of anilines is 2. The average molecular weight is 302 g/mol. The van der Waals surface area contributed by atoms with Crippen LogP contribution in [0.4, 0.5) is 10.8 Å². The van der Waals surface area contributed by atoms with Gasteiger partial charge in [0.25, 0.3) is 0 Å². The topological polar surface area (TPSA) is 117 Å². The summed E-state index contributed by atoms with van der Waals surface area (Å²) < 4.78 is 29.3. The molecule has 19 heavy (non-hydrogen) atoms. The summed E-state index contributed by atoms with van der Waals surface area (Å²) in [6.07, 6.45) is 1.62. The normalized spacial score (nSPS) is 11.9. The summed E-state index contributed by atoms with van der Waals surface area (Å²) in [5.74, 6) is 0.00538. The van der Waals surface area contributed by atoms with Gasteiger partial charge in [0.2, 0.25) is 10.0 Å². The minimum atomic E-state index is -3.62. The Labute approximate surface area is 114 Å². The highest BCUT2D eigenvalue weighted by atomic mass is 32.2. The molecule has 0 atom stereocenters. The van der Waals surface area contributed by atoms with E-state index in [9.17, 15) is 8.42 Å². The number of sulfonamides is 1. The lowest BCUT2D eigenvalue weighted by Gasteiger charge is -2.12. The first-order valence-electron chi connectivity index (χ1n) is 5.32. The Kier molecular flexibility index (Phi) is 3.73. The van der Waals surface area contributed by atoms with Crippen molar-refractivity contribution >= 4 is 32.4 Å². The van der Waals surface area contributed by atoms with Crippen LogP contribution in [0.5, 0.6) is 0 Å². The van der Waals surface area contributed by atoms with Crippen LogP contribution in [-0.2, 0) is 16.6 Å². The second kappa shape index (κ2) is 5.15. The lowest BCUT2D eigenvalue weighted by Crippen LogP contribution is -2.23. The summed E-state index contributed by atoms with van der Waals surface area (Å²) in [6, 6.07) is 1.79. The number of H-pyrrole nitrogens is 1. The molecule has 4 N–H and O–H groups in total. The number of nitrogens with zero attached hydrogens (tertiary/aromatic N) is 3. The van der Waals surface area contributed by atoms with Crippen LogP contribution in [0, 0.1) is 0 Å². The molecule has 0 amide bonds. The molecule has 0 aliphatic carbocycles. The van der Waals surface area contributed by atoms with Crippen LogP contribution >= 0.6 is 11.5 Å². The van der Waals surface area contributed by atoms with Gasteiger partial charge in [-0.05, 0) is 17.6 Å². The van der Waals surface area contributed by atoms with Gasteiger partial charge in [-0.3, -0.25) is 5.10 Å². The monoisotopic (exact) mass is 302 g/mol. The van der Waals surface area contributed by atoms with E-state index in [1.807, 2.05) is 0 Å². The van der Waals surface area contributed by atoms with E-state index in [0.717, 1.165) is 21.5 Å². The third-order valence-electron chi connectivity index (χ3n) is 2.41. The van der Waals surface area contributed by atoms with Crippen LogP contribution in [0.3, 0.4) is 0 Å². The number of aromatic nitrogens is 3. The van der Waals surface area contributed by atoms with Crippen molar-refractivity contribution in [2.24, 2.45) is 0 Å². The zero-order chi connectivity index (χ0) is 14.0. The maximum absolute atomic E-state index is 12.1. The first-order valence-corrected chi connectivity index (χ1v) is 7.54. The third kappa shape index (κ3) is 2.69. The summed E-state index contributed by atoms with van der Waals surface area (Å²) in [4.78, 5) is 0.0158. The van der Waals surface area contributed by atoms with E-state index in [1.165, 1.54) is 14.1 Å². The molecule has 0 saturated carbocycles. The highest BCUT2D eigenvalue weighted by Crippen LogP contribution is 2.33. The quantitative estimate of drug-likeness (QED) is 0.732. The SMILES string of the molecule is CN(C)S(=O)(=O)c1c(N)nsc1NCc1ccn[nH]1. The maximum Gasteiger partial charge on any atom is 0.249 e. The van der Waals surface area contributed by atoms with Crippen molar-refractivity contribution in [1.29, 1.82) is 0 Å². The molecule has 0 aliphatic heterocycles. The van der Waals surface area contributed by atoms with Crippen molar-refractivity contribution in [3.05, 3.63) is 18.0 Å². The molecule has 0 fully saturated rings. The molecule has 0 aromatic carbocycles. The molecule has 2 rings (SSSR count). The maximum atomic E-state index is 12.1. The van der Waals surface area contributed by atoms with E-state index in [2.05, 4.69) is 19.9 Å². The first kappa shape index (κ1) is 13.8. The molecule has 0 saturated heterocycles. The zero-order valence-electron chi connectivity index (χ0n) is 10.4. The second-order valence-electron chi connectivity index (χ2n) is 3.95. The Morgan fingerprint density at radius 1 is 1.53 bits per heavy atom. The zero-order valence-corrected chi connectivity index (χ0v) is 12.0. The predicted molar refractivity (Wildman–Crippen MR) is 73.3 cm³/mol. The van der Waals surface area contributed by atoms with E-state index in [0.29, 0.717) is 11.5 Å². The smallest absolute Gasteiger partial charge is 0.249 e. The Morgan fingerprint density at radius 2 is 2.26 bits per heavy atom. The van der Waals surface area contributed by atoms with Crippen molar-refractivity contribution in [2.75, 3.05) is 25.1 Å². The number of rotatable bonds is 5. The Hall–Kier alpha value is -1.65. The van der Waals surface area contributed by atoms with E-state index < -0.39 is 10.0 Å².